The van der Waals surface area contributed by atoms with Crippen molar-refractivity contribution >= 4 is 66.9 Å². The van der Waals surface area contributed by atoms with Crippen molar-refractivity contribution in [1.82, 2.24) is 0 Å². The number of thiophene rings is 1. The molecule has 0 saturated heterocycles. The van der Waals surface area contributed by atoms with Crippen molar-refractivity contribution < 1.29 is 0 Å². The van der Waals surface area contributed by atoms with Crippen LogP contribution >= 0.6 is 11.3 Å². The number of anilines is 5. The van der Waals surface area contributed by atoms with E-state index in [-0.39, 0.29) is 17.7 Å². The van der Waals surface area contributed by atoms with Gasteiger partial charge in [-0.1, -0.05) is 198 Å². The minimum Gasteiger partial charge on any atom is -0.375 e. The van der Waals surface area contributed by atoms with Crippen LogP contribution in [0.15, 0.2) is 194 Å². The van der Waals surface area contributed by atoms with E-state index in [4.69, 9.17) is 0 Å². The summed E-state index contributed by atoms with van der Waals surface area (Å²) in [5.41, 5.74) is 27.1. The molecule has 5 aliphatic rings. The second kappa shape index (κ2) is 13.2. The van der Waals surface area contributed by atoms with Crippen molar-refractivity contribution in [3.8, 4) is 44.5 Å². The average Bonchev–Trinajstić information content (AvgIpc) is 3.97. The van der Waals surface area contributed by atoms with E-state index in [1.165, 1.54) is 132 Å². The molecule has 1 aromatic heterocycles. The van der Waals surface area contributed by atoms with E-state index in [1.54, 1.807) is 0 Å². The highest BCUT2D eigenvalue weighted by Gasteiger charge is 2.58. The molecule has 68 heavy (non-hydrogen) atoms. The zero-order valence-corrected chi connectivity index (χ0v) is 39.7. The van der Waals surface area contributed by atoms with Crippen molar-refractivity contribution in [2.24, 2.45) is 0 Å². The molecule has 0 bridgehead atoms. The van der Waals surface area contributed by atoms with Crippen molar-refractivity contribution in [1.29, 1.82) is 0 Å². The number of rotatable bonds is 2. The molecule has 0 saturated carbocycles. The predicted octanol–water partition coefficient (Wildman–Crippen LogP) is 15.6. The molecule has 0 radical (unpaired) electrons. The molecular formula is C64H47BN2S. The van der Waals surface area contributed by atoms with Gasteiger partial charge >= 0.3 is 6.85 Å². The summed E-state index contributed by atoms with van der Waals surface area (Å²) in [6.07, 6.45) is 0. The summed E-state index contributed by atoms with van der Waals surface area (Å²) in [6, 6.07) is 74.5. The van der Waals surface area contributed by atoms with Crippen molar-refractivity contribution in [3.63, 3.8) is 0 Å². The Morgan fingerprint density at radius 1 is 0.471 bits per heavy atom. The molecule has 0 fully saturated rings. The maximum Gasteiger partial charge on any atom is 0.343 e. The van der Waals surface area contributed by atoms with E-state index in [2.05, 4.69) is 238 Å². The van der Waals surface area contributed by atoms with Crippen LogP contribution in [-0.2, 0) is 16.2 Å². The van der Waals surface area contributed by atoms with E-state index in [1.807, 2.05) is 11.3 Å². The Morgan fingerprint density at radius 3 is 1.81 bits per heavy atom. The lowest BCUT2D eigenvalue weighted by molar-refractivity contribution is 0.590. The highest BCUT2D eigenvalue weighted by Crippen LogP contribution is 2.66. The minimum absolute atomic E-state index is 0.0297. The lowest BCUT2D eigenvalue weighted by atomic mass is 9.44. The molecule has 0 unspecified atom stereocenters. The van der Waals surface area contributed by atoms with Gasteiger partial charge in [-0.3, -0.25) is 0 Å². The number of hydrogen-bond donors (Lipinski definition) is 0. The maximum absolute atomic E-state index is 2.80. The summed E-state index contributed by atoms with van der Waals surface area (Å²) in [6.45, 7) is 11.8. The third-order valence-electron chi connectivity index (χ3n) is 16.4. The monoisotopic (exact) mass is 886 g/mol. The first-order valence-corrected chi connectivity index (χ1v) is 25.0. The van der Waals surface area contributed by atoms with Gasteiger partial charge in [0.05, 0.1) is 16.8 Å². The van der Waals surface area contributed by atoms with Crippen molar-refractivity contribution in [2.75, 3.05) is 9.71 Å². The van der Waals surface area contributed by atoms with E-state index in [0.717, 1.165) is 0 Å². The third kappa shape index (κ3) is 4.65. The molecule has 0 amide bonds. The average molecular weight is 887 g/mol. The summed E-state index contributed by atoms with van der Waals surface area (Å²) in [7, 11) is 0. The molecule has 10 aromatic rings. The van der Waals surface area contributed by atoms with Crippen LogP contribution < -0.4 is 20.0 Å². The largest absolute Gasteiger partial charge is 0.375 e. The Labute approximate surface area is 402 Å². The van der Waals surface area contributed by atoms with Crippen LogP contribution in [0.1, 0.15) is 73.6 Å². The fourth-order valence-electron chi connectivity index (χ4n) is 13.6. The van der Waals surface area contributed by atoms with Gasteiger partial charge in [-0.15, -0.1) is 11.3 Å². The number of hydrogen-bond acceptors (Lipinski definition) is 3. The first-order valence-electron chi connectivity index (χ1n) is 24.2. The van der Waals surface area contributed by atoms with E-state index < -0.39 is 5.41 Å². The smallest absolute Gasteiger partial charge is 0.343 e. The van der Waals surface area contributed by atoms with Crippen molar-refractivity contribution in [3.05, 3.63) is 233 Å². The van der Waals surface area contributed by atoms with Gasteiger partial charge in [0.15, 0.2) is 0 Å². The quantitative estimate of drug-likeness (QED) is 0.160. The zero-order valence-electron chi connectivity index (χ0n) is 38.9. The van der Waals surface area contributed by atoms with Crippen LogP contribution in [0.3, 0.4) is 0 Å². The standard InChI is InChI=1S/C64H47BN2S/c1-62(2,3)39-34-35-52(45(36-39)38-20-7-6-8-21-38)66-54-37-46-42-24-9-13-27-47(42)63(4,5)57(46)56-44-26-19-31-51-59(44)67(65(58(54)56)61-60(66)43-25-12-18-33-55(43)68-61)53-32-17-16-30-50(53)64(51)48-28-14-10-22-40(48)41-23-11-15-29-49(41)64/h6-37H,1-5H3. The minimum atomic E-state index is -0.508. The predicted molar refractivity (Wildman–Crippen MR) is 288 cm³/mol. The fourth-order valence-corrected chi connectivity index (χ4v) is 14.9. The molecule has 2 aliphatic carbocycles. The molecule has 15 rings (SSSR count). The first kappa shape index (κ1) is 38.7. The molecular weight excluding hydrogens is 840 g/mol. The molecule has 0 atom stereocenters. The highest BCUT2D eigenvalue weighted by atomic mass is 32.1. The van der Waals surface area contributed by atoms with Crippen LogP contribution in [0.4, 0.5) is 28.4 Å². The first-order chi connectivity index (χ1) is 33.2. The molecule has 9 aromatic carbocycles. The number of para-hydroxylation sites is 2. The number of benzene rings is 9. The maximum atomic E-state index is 2.80. The molecule has 3 aliphatic heterocycles. The summed E-state index contributed by atoms with van der Waals surface area (Å²) >= 11 is 1.98. The lowest BCUT2D eigenvalue weighted by Gasteiger charge is -2.52. The Balaban J connectivity index is 1.14. The van der Waals surface area contributed by atoms with Crippen molar-refractivity contribution in [2.45, 2.75) is 50.9 Å². The van der Waals surface area contributed by atoms with Gasteiger partial charge in [-0.2, -0.15) is 0 Å². The normalized spacial score (nSPS) is 15.6. The molecule has 322 valence electrons. The van der Waals surface area contributed by atoms with E-state index in [0.29, 0.717) is 0 Å². The number of nitrogens with zero attached hydrogens (tertiary/aromatic N) is 2. The Bertz CT molecular complexity index is 3800. The summed E-state index contributed by atoms with van der Waals surface area (Å²) in [5, 5.41) is 1.29. The van der Waals surface area contributed by atoms with Gasteiger partial charge in [-0.05, 0) is 114 Å². The van der Waals surface area contributed by atoms with Crippen LogP contribution in [-0.4, -0.2) is 6.85 Å². The molecule has 2 nitrogen and oxygen atoms in total. The molecule has 1 spiro atoms. The summed E-state index contributed by atoms with van der Waals surface area (Å²) in [5.74, 6) is 0. The summed E-state index contributed by atoms with van der Waals surface area (Å²) in [4.78, 5) is 5.50. The Kier molecular flexibility index (Phi) is 7.50. The van der Waals surface area contributed by atoms with Gasteiger partial charge in [0.25, 0.3) is 0 Å². The molecule has 0 N–H and O–H groups in total. The second-order valence-electron chi connectivity index (χ2n) is 21.1. The second-order valence-corrected chi connectivity index (χ2v) is 22.2. The van der Waals surface area contributed by atoms with Crippen LogP contribution in [0.5, 0.6) is 0 Å². The summed E-state index contributed by atoms with van der Waals surface area (Å²) < 4.78 is 2.69. The van der Waals surface area contributed by atoms with E-state index >= 15 is 0 Å². The third-order valence-corrected chi connectivity index (χ3v) is 17.6. The number of fused-ring (bicyclic) bond motifs is 19. The van der Waals surface area contributed by atoms with Gasteiger partial charge in [0.2, 0.25) is 0 Å². The lowest BCUT2D eigenvalue weighted by Crippen LogP contribution is -2.62. The van der Waals surface area contributed by atoms with Gasteiger partial charge < -0.3 is 9.71 Å². The van der Waals surface area contributed by atoms with Gasteiger partial charge in [0.1, 0.15) is 0 Å². The molecule has 4 heterocycles. The Hall–Kier alpha value is -7.40. The van der Waals surface area contributed by atoms with Crippen LogP contribution in [0.25, 0.3) is 54.6 Å². The fraction of sp³-hybridized carbons (Fsp3) is 0.125. The van der Waals surface area contributed by atoms with Crippen LogP contribution in [0.2, 0.25) is 0 Å². The molecule has 4 heteroatoms. The SMILES string of the molecule is CC(C)(C)c1ccc(N2c3cc4c(c5c3B(c3sc6ccccc6c32)N2c3ccccc3C3(c6ccccc6-c6ccccc63)c3cccc-5c32)C(C)(C)c2ccccc2-4)c(-c2ccccc2)c1. The van der Waals surface area contributed by atoms with Gasteiger partial charge in [-0.25, -0.2) is 0 Å². The topological polar surface area (TPSA) is 6.48 Å². The Morgan fingerprint density at radius 2 is 1.07 bits per heavy atom. The van der Waals surface area contributed by atoms with Crippen LogP contribution in [0, 0.1) is 0 Å². The van der Waals surface area contributed by atoms with Gasteiger partial charge in [0, 0.05) is 48.5 Å². The zero-order chi connectivity index (χ0) is 45.4. The van der Waals surface area contributed by atoms with E-state index in [9.17, 15) is 0 Å². The highest BCUT2D eigenvalue weighted by molar-refractivity contribution is 7.32.